The second-order valence-electron chi connectivity index (χ2n) is 3.59. The minimum Gasteiger partial charge on any atom is -0.492 e. The summed E-state index contributed by atoms with van der Waals surface area (Å²) in [6.45, 7) is 4.16. The molecule has 0 saturated carbocycles. The minimum absolute atomic E-state index is 0.147. The lowest BCUT2D eigenvalue weighted by atomic mass is 10.1. The van der Waals surface area contributed by atoms with Gasteiger partial charge in [0.15, 0.2) is 0 Å². The first kappa shape index (κ1) is 14.7. The summed E-state index contributed by atoms with van der Waals surface area (Å²) >= 11 is 1.70. The minimum atomic E-state index is -3.69. The third-order valence-electron chi connectivity index (χ3n) is 2.50. The molecule has 0 spiro atoms. The van der Waals surface area contributed by atoms with Crippen molar-refractivity contribution >= 4 is 31.5 Å². The van der Waals surface area contributed by atoms with Crippen molar-refractivity contribution in [1.29, 1.82) is 0 Å². The van der Waals surface area contributed by atoms with Gasteiger partial charge in [-0.1, -0.05) is 0 Å². The number of benzene rings is 1. The molecule has 0 unspecified atom stereocenters. The highest BCUT2D eigenvalue weighted by Crippen LogP contribution is 2.28. The average Bonchev–Trinajstić information content (AvgIpc) is 2.23. The van der Waals surface area contributed by atoms with E-state index in [0.717, 1.165) is 11.3 Å². The molecular weight excluding hydrogens is 280 g/mol. The van der Waals surface area contributed by atoms with E-state index in [-0.39, 0.29) is 4.90 Å². The van der Waals surface area contributed by atoms with E-state index in [1.54, 1.807) is 24.8 Å². The summed E-state index contributed by atoms with van der Waals surface area (Å²) in [6.07, 6.45) is 2.00. The second kappa shape index (κ2) is 5.98. The lowest BCUT2D eigenvalue weighted by Crippen LogP contribution is -2.04. The highest BCUT2D eigenvalue weighted by atomic mass is 35.7. The Morgan fingerprint density at radius 2 is 1.94 bits per heavy atom. The van der Waals surface area contributed by atoms with Crippen LogP contribution < -0.4 is 4.74 Å². The van der Waals surface area contributed by atoms with Crippen molar-refractivity contribution in [3.63, 3.8) is 0 Å². The summed E-state index contributed by atoms with van der Waals surface area (Å²) in [5.74, 6) is 1.61. The zero-order valence-electron chi connectivity index (χ0n) is 9.99. The number of hydrogen-bond donors (Lipinski definition) is 0. The molecule has 6 heteroatoms. The monoisotopic (exact) mass is 294 g/mol. The predicted molar refractivity (Wildman–Crippen MR) is 72.8 cm³/mol. The van der Waals surface area contributed by atoms with Crippen LogP contribution in [0.5, 0.6) is 5.75 Å². The van der Waals surface area contributed by atoms with Crippen molar-refractivity contribution in [3.8, 4) is 5.75 Å². The molecule has 0 aliphatic rings. The van der Waals surface area contributed by atoms with Crippen LogP contribution in [0.4, 0.5) is 0 Å². The van der Waals surface area contributed by atoms with Crippen molar-refractivity contribution in [2.45, 2.75) is 18.7 Å². The van der Waals surface area contributed by atoms with Gasteiger partial charge < -0.3 is 4.74 Å². The largest absolute Gasteiger partial charge is 0.492 e. The van der Waals surface area contributed by atoms with Crippen molar-refractivity contribution in [2.75, 3.05) is 18.6 Å². The van der Waals surface area contributed by atoms with Crippen LogP contribution >= 0.6 is 22.4 Å². The van der Waals surface area contributed by atoms with E-state index in [4.69, 9.17) is 15.4 Å². The number of thioether (sulfide) groups is 1. The quantitative estimate of drug-likeness (QED) is 0.618. The van der Waals surface area contributed by atoms with Crippen LogP contribution in [0, 0.1) is 13.8 Å². The lowest BCUT2D eigenvalue weighted by molar-refractivity contribution is 0.341. The molecule has 0 bridgehead atoms. The third kappa shape index (κ3) is 3.79. The molecule has 17 heavy (non-hydrogen) atoms. The fourth-order valence-corrected chi connectivity index (χ4v) is 2.93. The van der Waals surface area contributed by atoms with E-state index < -0.39 is 9.05 Å². The van der Waals surface area contributed by atoms with Crippen LogP contribution in [0.15, 0.2) is 17.0 Å². The Labute approximate surface area is 111 Å². The van der Waals surface area contributed by atoms with Gasteiger partial charge in [0.25, 0.3) is 9.05 Å². The molecule has 96 valence electrons. The van der Waals surface area contributed by atoms with Crippen LogP contribution in [-0.4, -0.2) is 27.0 Å². The lowest BCUT2D eigenvalue weighted by Gasteiger charge is -2.12. The molecule has 0 aliphatic carbocycles. The van der Waals surface area contributed by atoms with Crippen LogP contribution in [0.1, 0.15) is 11.1 Å². The summed E-state index contributed by atoms with van der Waals surface area (Å²) in [4.78, 5) is 0.147. The molecule has 0 N–H and O–H groups in total. The Hall–Kier alpha value is -0.390. The molecule has 0 aliphatic heterocycles. The maximum absolute atomic E-state index is 11.3. The fourth-order valence-electron chi connectivity index (χ4n) is 1.43. The number of rotatable bonds is 5. The number of halogens is 1. The average molecular weight is 295 g/mol. The zero-order valence-corrected chi connectivity index (χ0v) is 12.4. The molecule has 0 saturated heterocycles. The van der Waals surface area contributed by atoms with Crippen molar-refractivity contribution in [2.24, 2.45) is 0 Å². The molecule has 0 radical (unpaired) electrons. The second-order valence-corrected chi connectivity index (χ2v) is 7.11. The first-order valence-electron chi connectivity index (χ1n) is 5.04. The van der Waals surface area contributed by atoms with E-state index >= 15 is 0 Å². The molecule has 1 aromatic carbocycles. The molecular formula is C11H15ClO3S2. The van der Waals surface area contributed by atoms with E-state index in [9.17, 15) is 8.42 Å². The Morgan fingerprint density at radius 1 is 1.29 bits per heavy atom. The number of ether oxygens (including phenoxy) is 1. The normalized spacial score (nSPS) is 11.5. The number of hydrogen-bond acceptors (Lipinski definition) is 4. The molecule has 0 aromatic heterocycles. The summed E-state index contributed by atoms with van der Waals surface area (Å²) in [7, 11) is 1.66. The van der Waals surface area contributed by atoms with Gasteiger partial charge in [0.05, 0.1) is 11.5 Å². The SMILES string of the molecule is CSCCOc1ccc(S(=O)(=O)Cl)c(C)c1C. The van der Waals surface area contributed by atoms with Gasteiger partial charge in [0, 0.05) is 16.4 Å². The third-order valence-corrected chi connectivity index (χ3v) is 4.54. The van der Waals surface area contributed by atoms with Gasteiger partial charge in [-0.2, -0.15) is 11.8 Å². The van der Waals surface area contributed by atoms with Crippen LogP contribution in [0.2, 0.25) is 0 Å². The summed E-state index contributed by atoms with van der Waals surface area (Å²) in [5.41, 5.74) is 1.45. The van der Waals surface area contributed by atoms with Crippen molar-refractivity contribution in [1.82, 2.24) is 0 Å². The van der Waals surface area contributed by atoms with Gasteiger partial charge in [-0.15, -0.1) is 0 Å². The van der Waals surface area contributed by atoms with Crippen molar-refractivity contribution < 1.29 is 13.2 Å². The first-order chi connectivity index (χ1) is 7.88. The molecule has 1 aromatic rings. The van der Waals surface area contributed by atoms with Gasteiger partial charge in [0.2, 0.25) is 0 Å². The Balaban J connectivity index is 3.03. The Kier molecular flexibility index (Phi) is 5.16. The van der Waals surface area contributed by atoms with Crippen molar-refractivity contribution in [3.05, 3.63) is 23.3 Å². The Bertz CT molecular complexity index is 498. The fraction of sp³-hybridized carbons (Fsp3) is 0.455. The summed E-state index contributed by atoms with van der Waals surface area (Å²) in [5, 5.41) is 0. The summed E-state index contributed by atoms with van der Waals surface area (Å²) in [6, 6.07) is 3.14. The van der Waals surface area contributed by atoms with E-state index in [1.165, 1.54) is 6.07 Å². The highest BCUT2D eigenvalue weighted by molar-refractivity contribution is 8.13. The highest BCUT2D eigenvalue weighted by Gasteiger charge is 2.16. The first-order valence-corrected chi connectivity index (χ1v) is 8.75. The van der Waals surface area contributed by atoms with Gasteiger partial charge in [-0.25, -0.2) is 8.42 Å². The van der Waals surface area contributed by atoms with Gasteiger partial charge in [-0.05, 0) is 43.4 Å². The van der Waals surface area contributed by atoms with Crippen LogP contribution in [0.3, 0.4) is 0 Å². The van der Waals surface area contributed by atoms with Gasteiger partial charge in [0.1, 0.15) is 5.75 Å². The van der Waals surface area contributed by atoms with Crippen LogP contribution in [0.25, 0.3) is 0 Å². The smallest absolute Gasteiger partial charge is 0.261 e. The standard InChI is InChI=1S/C11H15ClO3S2/c1-8-9(2)11(17(12,13)14)5-4-10(8)15-6-7-16-3/h4-5H,6-7H2,1-3H3. The van der Waals surface area contributed by atoms with Crippen LogP contribution in [-0.2, 0) is 9.05 Å². The molecule has 3 nitrogen and oxygen atoms in total. The molecule has 1 rings (SSSR count). The van der Waals surface area contributed by atoms with E-state index in [0.29, 0.717) is 17.9 Å². The Morgan fingerprint density at radius 3 is 2.47 bits per heavy atom. The van der Waals surface area contributed by atoms with Gasteiger partial charge in [-0.3, -0.25) is 0 Å². The van der Waals surface area contributed by atoms with Gasteiger partial charge >= 0.3 is 0 Å². The predicted octanol–water partition coefficient (Wildman–Crippen LogP) is 2.97. The van der Waals surface area contributed by atoms with E-state index in [2.05, 4.69) is 0 Å². The zero-order chi connectivity index (χ0) is 13.1. The molecule has 0 heterocycles. The maximum atomic E-state index is 11.3. The summed E-state index contributed by atoms with van der Waals surface area (Å²) < 4.78 is 28.2. The molecule has 0 fully saturated rings. The molecule has 0 atom stereocenters. The topological polar surface area (TPSA) is 43.4 Å². The maximum Gasteiger partial charge on any atom is 0.261 e. The molecule has 0 amide bonds. The van der Waals surface area contributed by atoms with E-state index in [1.807, 2.05) is 13.2 Å².